The van der Waals surface area contributed by atoms with Crippen molar-refractivity contribution >= 4 is 66.1 Å². The lowest BCUT2D eigenvalue weighted by atomic mass is 9.94. The van der Waals surface area contributed by atoms with E-state index in [1.807, 2.05) is 23.9 Å². The predicted octanol–water partition coefficient (Wildman–Crippen LogP) is 15.0. The molecular formula is C56H34N4S. The van der Waals surface area contributed by atoms with E-state index in [9.17, 15) is 0 Å². The molecule has 12 aromatic rings. The van der Waals surface area contributed by atoms with E-state index in [4.69, 9.17) is 9.97 Å². The number of rotatable bonds is 5. The van der Waals surface area contributed by atoms with Crippen LogP contribution in [0.5, 0.6) is 0 Å². The molecule has 0 saturated heterocycles. The SMILES string of the molecule is c1ccc(-c2cc(-c3ccccc3)nc(-n3c4ccccc4c4c(-c5ccc6c7c8cccc9c8c(cc7n(-c7ccccc7)c6c5)Sc5ccccc5-9)cccc43)n2)cc1. The molecule has 0 aliphatic carbocycles. The maximum Gasteiger partial charge on any atom is 0.235 e. The summed E-state index contributed by atoms with van der Waals surface area (Å²) in [4.78, 5) is 13.2. The maximum atomic E-state index is 5.29. The zero-order chi connectivity index (χ0) is 40.0. The molecule has 0 saturated carbocycles. The molecule has 4 nitrogen and oxygen atoms in total. The summed E-state index contributed by atoms with van der Waals surface area (Å²) in [6.07, 6.45) is 0. The fourth-order valence-electron chi connectivity index (χ4n) is 9.70. The van der Waals surface area contributed by atoms with Gasteiger partial charge < -0.3 is 4.57 Å². The van der Waals surface area contributed by atoms with Gasteiger partial charge >= 0.3 is 0 Å². The molecule has 5 heteroatoms. The first-order valence-electron chi connectivity index (χ1n) is 20.7. The molecule has 0 N–H and O–H groups in total. The first-order chi connectivity index (χ1) is 30.3. The summed E-state index contributed by atoms with van der Waals surface area (Å²) >= 11 is 1.88. The first-order valence-corrected chi connectivity index (χ1v) is 21.5. The van der Waals surface area contributed by atoms with Crippen LogP contribution in [0, 0.1) is 0 Å². The molecule has 0 radical (unpaired) electrons. The Labute approximate surface area is 356 Å². The molecule has 0 amide bonds. The molecule has 1 aliphatic rings. The van der Waals surface area contributed by atoms with Gasteiger partial charge in [-0.25, -0.2) is 9.97 Å². The number of hydrogen-bond acceptors (Lipinski definition) is 3. The number of fused-ring (bicyclic) bond motifs is 9. The summed E-state index contributed by atoms with van der Waals surface area (Å²) in [6.45, 7) is 0. The van der Waals surface area contributed by atoms with Crippen LogP contribution in [0.2, 0.25) is 0 Å². The fraction of sp³-hybridized carbons (Fsp3) is 0. The van der Waals surface area contributed by atoms with Gasteiger partial charge in [-0.15, -0.1) is 0 Å². The zero-order valence-electron chi connectivity index (χ0n) is 32.8. The van der Waals surface area contributed by atoms with Crippen LogP contribution in [0.1, 0.15) is 0 Å². The van der Waals surface area contributed by atoms with Crippen LogP contribution in [-0.2, 0) is 0 Å². The molecule has 0 bridgehead atoms. The minimum Gasteiger partial charge on any atom is -0.309 e. The van der Waals surface area contributed by atoms with Crippen molar-refractivity contribution in [2.75, 3.05) is 0 Å². The van der Waals surface area contributed by atoms with E-state index in [2.05, 4.69) is 203 Å². The van der Waals surface area contributed by atoms with Gasteiger partial charge in [-0.05, 0) is 76.2 Å². The minimum absolute atomic E-state index is 0.641. The highest BCUT2D eigenvalue weighted by Crippen LogP contribution is 2.51. The summed E-state index contributed by atoms with van der Waals surface area (Å²) in [5.74, 6) is 0.641. The van der Waals surface area contributed by atoms with Gasteiger partial charge in [0.1, 0.15) is 0 Å². The highest BCUT2D eigenvalue weighted by Gasteiger charge is 2.25. The molecule has 284 valence electrons. The maximum absolute atomic E-state index is 5.29. The Balaban J connectivity index is 1.07. The van der Waals surface area contributed by atoms with Gasteiger partial charge in [0.15, 0.2) is 0 Å². The quantitative estimate of drug-likeness (QED) is 0.174. The standard InChI is InChI=1S/C56H34N4S/c1-4-16-35(17-5-1)45-33-46(36-18-6-2-7-19-36)58-56(57-45)60-47-27-12-10-23-42(47)53-39(24-15-28-48(53)60)37-30-31-43-49(32-37)59(38-20-8-3-9-21-38)50-34-52-55-41(25-14-26-44(55)54(43)50)40-22-11-13-29-51(40)61-52/h1-34H. The summed E-state index contributed by atoms with van der Waals surface area (Å²) in [7, 11) is 0. The number of para-hydroxylation sites is 2. The molecule has 1 aliphatic heterocycles. The molecule has 9 aromatic carbocycles. The van der Waals surface area contributed by atoms with Crippen molar-refractivity contribution in [2.24, 2.45) is 0 Å². The summed E-state index contributed by atoms with van der Waals surface area (Å²) in [5.41, 5.74) is 14.4. The zero-order valence-corrected chi connectivity index (χ0v) is 33.6. The molecule has 0 unspecified atom stereocenters. The van der Waals surface area contributed by atoms with E-state index in [-0.39, 0.29) is 0 Å². The Kier molecular flexibility index (Phi) is 7.50. The Morgan fingerprint density at radius 2 is 0.934 bits per heavy atom. The van der Waals surface area contributed by atoms with Crippen LogP contribution in [0.3, 0.4) is 0 Å². The van der Waals surface area contributed by atoms with E-state index in [1.165, 1.54) is 64.4 Å². The van der Waals surface area contributed by atoms with Crippen molar-refractivity contribution in [3.63, 3.8) is 0 Å². The Morgan fingerprint density at radius 1 is 0.328 bits per heavy atom. The van der Waals surface area contributed by atoms with E-state index in [1.54, 1.807) is 0 Å². The van der Waals surface area contributed by atoms with Gasteiger partial charge in [0.2, 0.25) is 5.95 Å². The Hall–Kier alpha value is -7.73. The second-order valence-corrected chi connectivity index (χ2v) is 16.8. The van der Waals surface area contributed by atoms with Gasteiger partial charge in [-0.2, -0.15) is 0 Å². The largest absolute Gasteiger partial charge is 0.309 e. The van der Waals surface area contributed by atoms with Crippen LogP contribution in [-0.4, -0.2) is 19.1 Å². The van der Waals surface area contributed by atoms with Crippen LogP contribution >= 0.6 is 11.8 Å². The molecule has 4 heterocycles. The summed E-state index contributed by atoms with van der Waals surface area (Å²) in [6, 6.07) is 74.2. The van der Waals surface area contributed by atoms with Crippen molar-refractivity contribution in [3.05, 3.63) is 206 Å². The van der Waals surface area contributed by atoms with Crippen molar-refractivity contribution in [3.8, 4) is 56.4 Å². The fourth-order valence-corrected chi connectivity index (χ4v) is 10.9. The molecule has 61 heavy (non-hydrogen) atoms. The van der Waals surface area contributed by atoms with Gasteiger partial charge in [-0.3, -0.25) is 4.57 Å². The van der Waals surface area contributed by atoms with Gasteiger partial charge in [0.05, 0.1) is 33.5 Å². The average Bonchev–Trinajstić information content (AvgIpc) is 3.85. The van der Waals surface area contributed by atoms with E-state index in [0.29, 0.717) is 5.95 Å². The second kappa shape index (κ2) is 13.4. The number of nitrogens with zero attached hydrogens (tertiary/aromatic N) is 4. The topological polar surface area (TPSA) is 35.6 Å². The minimum atomic E-state index is 0.641. The van der Waals surface area contributed by atoms with E-state index < -0.39 is 0 Å². The molecule has 0 spiro atoms. The number of aromatic nitrogens is 4. The molecule has 0 fully saturated rings. The second-order valence-electron chi connectivity index (χ2n) is 15.7. The summed E-state index contributed by atoms with van der Waals surface area (Å²) < 4.78 is 4.71. The van der Waals surface area contributed by atoms with Gasteiger partial charge in [0, 0.05) is 53.5 Å². The lowest BCUT2D eigenvalue weighted by molar-refractivity contribution is 0.995. The van der Waals surface area contributed by atoms with Crippen LogP contribution in [0.25, 0.3) is 111 Å². The van der Waals surface area contributed by atoms with Crippen LogP contribution < -0.4 is 0 Å². The summed E-state index contributed by atoms with van der Waals surface area (Å²) in [5, 5.41) is 7.48. The van der Waals surface area contributed by atoms with Gasteiger partial charge in [0.25, 0.3) is 0 Å². The van der Waals surface area contributed by atoms with Crippen molar-refractivity contribution < 1.29 is 0 Å². The lowest BCUT2D eigenvalue weighted by Gasteiger charge is -2.21. The van der Waals surface area contributed by atoms with Gasteiger partial charge in [-0.1, -0.05) is 169 Å². The van der Waals surface area contributed by atoms with Crippen molar-refractivity contribution in [2.45, 2.75) is 9.79 Å². The Morgan fingerprint density at radius 3 is 1.72 bits per heavy atom. The van der Waals surface area contributed by atoms with Crippen LogP contribution in [0.4, 0.5) is 0 Å². The highest BCUT2D eigenvalue weighted by molar-refractivity contribution is 7.99. The third-order valence-corrected chi connectivity index (χ3v) is 13.4. The highest BCUT2D eigenvalue weighted by atomic mass is 32.2. The van der Waals surface area contributed by atoms with Crippen LogP contribution in [0.15, 0.2) is 216 Å². The molecular weight excluding hydrogens is 761 g/mol. The normalized spacial score (nSPS) is 12.2. The third kappa shape index (κ3) is 5.21. The number of benzene rings is 9. The Bertz CT molecular complexity index is 3660. The monoisotopic (exact) mass is 794 g/mol. The third-order valence-electron chi connectivity index (χ3n) is 12.3. The molecule has 13 rings (SSSR count). The number of hydrogen-bond donors (Lipinski definition) is 0. The van der Waals surface area contributed by atoms with Crippen molar-refractivity contribution in [1.82, 2.24) is 19.1 Å². The predicted molar refractivity (Wildman–Crippen MR) is 254 cm³/mol. The van der Waals surface area contributed by atoms with E-state index in [0.717, 1.165) is 50.2 Å². The first kappa shape index (κ1) is 34.2. The molecule has 3 aromatic heterocycles. The average molecular weight is 795 g/mol. The molecule has 0 atom stereocenters. The van der Waals surface area contributed by atoms with E-state index >= 15 is 0 Å². The smallest absolute Gasteiger partial charge is 0.235 e. The van der Waals surface area contributed by atoms with Crippen molar-refractivity contribution in [1.29, 1.82) is 0 Å². The lowest BCUT2D eigenvalue weighted by Crippen LogP contribution is -2.04.